The smallest absolute Gasteiger partial charge is 0.285 e. The lowest BCUT2D eigenvalue weighted by molar-refractivity contribution is -0.172. The zero-order valence-corrected chi connectivity index (χ0v) is 29.6. The summed E-state index contributed by atoms with van der Waals surface area (Å²) in [5, 5.41) is 2.51. The van der Waals surface area contributed by atoms with E-state index in [1.165, 1.54) is 27.1 Å². The fourth-order valence-electron chi connectivity index (χ4n) is 7.79. The maximum absolute atomic E-state index is 7.87. The topological polar surface area (TPSA) is 38.5 Å². The van der Waals surface area contributed by atoms with Gasteiger partial charge in [0.05, 0.1) is 6.04 Å². The van der Waals surface area contributed by atoms with Crippen LogP contribution in [-0.2, 0) is 22.0 Å². The van der Waals surface area contributed by atoms with Crippen molar-refractivity contribution in [3.05, 3.63) is 162 Å². The van der Waals surface area contributed by atoms with Crippen LogP contribution in [0.25, 0.3) is 22.6 Å². The van der Waals surface area contributed by atoms with Crippen molar-refractivity contribution >= 4 is 19.4 Å². The van der Waals surface area contributed by atoms with Gasteiger partial charge in [-0.15, -0.1) is 0 Å². The summed E-state index contributed by atoms with van der Waals surface area (Å²) in [6.45, 7) is 7.90. The summed E-state index contributed by atoms with van der Waals surface area (Å²) < 4.78 is 14.7. The maximum Gasteiger partial charge on any atom is 0.285 e. The van der Waals surface area contributed by atoms with Crippen LogP contribution < -0.4 is 10.4 Å². The largest absolute Gasteiger partial charge is 0.438 e. The van der Waals surface area contributed by atoms with Gasteiger partial charge in [0.15, 0.2) is 5.76 Å². The number of likely N-dealkylation sites (tertiary alicyclic amines) is 1. The Morgan fingerprint density at radius 1 is 0.735 bits per heavy atom. The van der Waals surface area contributed by atoms with Crippen molar-refractivity contribution < 1.29 is 8.84 Å². The van der Waals surface area contributed by atoms with Crippen molar-refractivity contribution in [1.82, 2.24) is 9.88 Å². The van der Waals surface area contributed by atoms with E-state index < -0.39 is 14.8 Å². The predicted octanol–water partition coefficient (Wildman–Crippen LogP) is 9.06. The van der Waals surface area contributed by atoms with Gasteiger partial charge >= 0.3 is 0 Å². The third-order valence-corrected chi connectivity index (χ3v) is 12.4. The Kier molecular flexibility index (Phi) is 8.44. The quantitative estimate of drug-likeness (QED) is 0.153. The molecule has 8 rings (SSSR count). The SMILES string of the molecule is CC(C)(C)c1cccc2c1CCCC2(O[Si](c1ccccc1)c1ccccc1)N1CCC1c1nc(-c2ccccc2)c(-c2ccccc2)o1. The van der Waals surface area contributed by atoms with Gasteiger partial charge in [0.1, 0.15) is 11.4 Å². The summed E-state index contributed by atoms with van der Waals surface area (Å²) >= 11 is 0. The van der Waals surface area contributed by atoms with Crippen LogP contribution in [-0.4, -0.2) is 25.5 Å². The van der Waals surface area contributed by atoms with E-state index in [-0.39, 0.29) is 11.5 Å². The second-order valence-corrected chi connectivity index (χ2v) is 16.4. The van der Waals surface area contributed by atoms with Crippen molar-refractivity contribution in [2.75, 3.05) is 6.54 Å². The molecule has 2 unspecified atom stereocenters. The number of oxazole rings is 1. The van der Waals surface area contributed by atoms with Gasteiger partial charge in [0.25, 0.3) is 9.04 Å². The first-order valence-corrected chi connectivity index (χ1v) is 19.0. The average Bonchev–Trinajstić information content (AvgIpc) is 3.56. The fraction of sp³-hybridized carbons (Fsp3) is 0.250. The van der Waals surface area contributed by atoms with E-state index in [1.54, 1.807) is 0 Å². The second kappa shape index (κ2) is 13.1. The molecule has 245 valence electrons. The summed E-state index contributed by atoms with van der Waals surface area (Å²) in [4.78, 5) is 7.89. The molecule has 0 spiro atoms. The molecule has 1 aromatic heterocycles. The predicted molar refractivity (Wildman–Crippen MR) is 200 cm³/mol. The minimum Gasteiger partial charge on any atom is -0.438 e. The molecule has 0 bridgehead atoms. The van der Waals surface area contributed by atoms with Gasteiger partial charge in [-0.2, -0.15) is 0 Å². The molecule has 1 saturated heterocycles. The molecule has 4 nitrogen and oxygen atoms in total. The maximum atomic E-state index is 7.87. The number of aromatic nitrogens is 1. The van der Waals surface area contributed by atoms with Crippen molar-refractivity contribution in [3.63, 3.8) is 0 Å². The molecule has 1 aliphatic carbocycles. The molecule has 1 radical (unpaired) electrons. The van der Waals surface area contributed by atoms with E-state index in [2.05, 4.69) is 153 Å². The Labute approximate surface area is 292 Å². The lowest BCUT2D eigenvalue weighted by Gasteiger charge is -2.56. The third-order valence-electron chi connectivity index (χ3n) is 10.2. The van der Waals surface area contributed by atoms with Gasteiger partial charge in [-0.05, 0) is 52.6 Å². The number of nitrogens with zero attached hydrogens (tertiary/aromatic N) is 2. The molecule has 2 atom stereocenters. The van der Waals surface area contributed by atoms with Crippen LogP contribution in [0, 0.1) is 0 Å². The van der Waals surface area contributed by atoms with Crippen LogP contribution in [0.15, 0.2) is 144 Å². The first-order valence-electron chi connectivity index (χ1n) is 17.6. The summed E-state index contributed by atoms with van der Waals surface area (Å²) in [6.07, 6.45) is 3.98. The minimum atomic E-state index is -1.65. The van der Waals surface area contributed by atoms with E-state index >= 15 is 0 Å². The highest BCUT2D eigenvalue weighted by Gasteiger charge is 2.53. The molecule has 5 heteroatoms. The highest BCUT2D eigenvalue weighted by atomic mass is 28.3. The van der Waals surface area contributed by atoms with Crippen LogP contribution in [0.5, 0.6) is 0 Å². The molecular formula is C44H43N2O2Si. The number of hydrogen-bond donors (Lipinski definition) is 0. The van der Waals surface area contributed by atoms with Crippen LogP contribution >= 0.6 is 0 Å². The van der Waals surface area contributed by atoms with Crippen molar-refractivity contribution in [2.45, 2.75) is 63.6 Å². The van der Waals surface area contributed by atoms with Gasteiger partial charge in [-0.3, -0.25) is 4.90 Å². The Morgan fingerprint density at radius 2 is 1.33 bits per heavy atom. The molecule has 6 aromatic rings. The molecule has 5 aromatic carbocycles. The van der Waals surface area contributed by atoms with Crippen LogP contribution in [0.3, 0.4) is 0 Å². The zero-order valence-electron chi connectivity index (χ0n) is 28.6. The molecule has 2 aliphatic rings. The van der Waals surface area contributed by atoms with E-state index in [4.69, 9.17) is 13.8 Å². The number of hydrogen-bond acceptors (Lipinski definition) is 4. The first kappa shape index (κ1) is 31.7. The Bertz CT molecular complexity index is 1930. The summed E-state index contributed by atoms with van der Waals surface area (Å²) in [7, 11) is -1.65. The normalized spacial score (nSPS) is 19.4. The number of rotatable bonds is 8. The lowest BCUT2D eigenvalue weighted by Crippen LogP contribution is -2.62. The fourth-order valence-corrected chi connectivity index (χ4v) is 10.0. The minimum absolute atomic E-state index is 0.0148. The van der Waals surface area contributed by atoms with Gasteiger partial charge in [-0.25, -0.2) is 4.98 Å². The lowest BCUT2D eigenvalue weighted by atomic mass is 9.74. The molecule has 0 amide bonds. The van der Waals surface area contributed by atoms with Crippen molar-refractivity contribution in [2.24, 2.45) is 0 Å². The molecular weight excluding hydrogens is 617 g/mol. The van der Waals surface area contributed by atoms with Gasteiger partial charge in [0, 0.05) is 23.2 Å². The van der Waals surface area contributed by atoms with Crippen LogP contribution in [0.4, 0.5) is 0 Å². The Balaban J connectivity index is 1.29. The summed E-state index contributed by atoms with van der Waals surface area (Å²) in [5.41, 5.74) is 6.54. The number of fused-ring (bicyclic) bond motifs is 1. The van der Waals surface area contributed by atoms with Crippen molar-refractivity contribution in [3.8, 4) is 22.6 Å². The molecule has 1 aliphatic heterocycles. The average molecular weight is 660 g/mol. The van der Waals surface area contributed by atoms with E-state index in [0.717, 1.165) is 60.7 Å². The molecule has 2 heterocycles. The molecule has 0 N–H and O–H groups in total. The van der Waals surface area contributed by atoms with E-state index in [9.17, 15) is 0 Å². The highest BCUT2D eigenvalue weighted by Crippen LogP contribution is 2.52. The molecule has 1 fully saturated rings. The first-order chi connectivity index (χ1) is 23.9. The third kappa shape index (κ3) is 5.90. The van der Waals surface area contributed by atoms with Crippen LogP contribution in [0.1, 0.15) is 68.7 Å². The van der Waals surface area contributed by atoms with E-state index in [1.807, 2.05) is 12.1 Å². The second-order valence-electron chi connectivity index (χ2n) is 14.3. The van der Waals surface area contributed by atoms with Crippen molar-refractivity contribution in [1.29, 1.82) is 0 Å². The monoisotopic (exact) mass is 659 g/mol. The Morgan fingerprint density at radius 3 is 1.90 bits per heavy atom. The molecule has 0 saturated carbocycles. The highest BCUT2D eigenvalue weighted by molar-refractivity contribution is 6.80. The standard InChI is InChI=1S/C44H43N2O2Si/c1-43(2,3)37-27-16-28-38-36(37)26-17-30-44(38,48-49(34-22-12-6-13-23-34)35-24-14-7-15-25-35)46-31-29-39(46)42-45-40(32-18-8-4-9-19-32)41(47-42)33-20-10-5-11-21-33/h4-16,18-25,27-28,39H,17,26,29-31H2,1-3H3. The van der Waals surface area contributed by atoms with Gasteiger partial charge < -0.3 is 8.84 Å². The van der Waals surface area contributed by atoms with Gasteiger partial charge in [0.2, 0.25) is 5.89 Å². The van der Waals surface area contributed by atoms with Crippen LogP contribution in [0.2, 0.25) is 0 Å². The van der Waals surface area contributed by atoms with Gasteiger partial charge in [-0.1, -0.05) is 160 Å². The summed E-state index contributed by atoms with van der Waals surface area (Å²) in [6, 6.07) is 49.4. The van der Waals surface area contributed by atoms with E-state index in [0.29, 0.717) is 0 Å². The molecule has 49 heavy (non-hydrogen) atoms. The number of benzene rings is 5. The summed E-state index contributed by atoms with van der Waals surface area (Å²) in [5.74, 6) is 1.58. The Hall–Kier alpha value is -4.55. The zero-order chi connectivity index (χ0) is 33.4.